The van der Waals surface area contributed by atoms with Gasteiger partial charge in [-0.1, -0.05) is 24.3 Å². The molecule has 1 saturated heterocycles. The van der Waals surface area contributed by atoms with Crippen LogP contribution in [0.1, 0.15) is 31.9 Å². The molecule has 0 radical (unpaired) electrons. The Labute approximate surface area is 202 Å². The molecule has 0 N–H and O–H groups in total. The van der Waals surface area contributed by atoms with E-state index in [0.717, 1.165) is 12.0 Å². The van der Waals surface area contributed by atoms with Crippen LogP contribution in [0.4, 0.5) is 0 Å². The topological polar surface area (TPSA) is 97.4 Å². The molecule has 0 unspecified atom stereocenters. The summed E-state index contributed by atoms with van der Waals surface area (Å²) in [7, 11) is 0. The Morgan fingerprint density at radius 1 is 0.824 bits per heavy atom. The molecule has 0 saturated carbocycles. The van der Waals surface area contributed by atoms with E-state index in [-0.39, 0.29) is 6.61 Å². The molecule has 2 aromatic rings. The van der Waals surface area contributed by atoms with E-state index in [1.807, 2.05) is 18.4 Å². The van der Waals surface area contributed by atoms with Crippen LogP contribution in [-0.4, -0.2) is 55.4 Å². The summed E-state index contributed by atoms with van der Waals surface area (Å²) in [6.07, 6.45) is -1.40. The summed E-state index contributed by atoms with van der Waals surface area (Å²) in [5.74, 6) is -1.33. The van der Waals surface area contributed by atoms with Gasteiger partial charge in [0.05, 0.1) is 6.61 Å². The van der Waals surface area contributed by atoms with Crippen molar-refractivity contribution in [2.75, 3.05) is 12.9 Å². The van der Waals surface area contributed by atoms with Crippen molar-refractivity contribution < 1.29 is 38.1 Å². The molecule has 8 nitrogen and oxygen atoms in total. The second kappa shape index (κ2) is 11.9. The van der Waals surface area contributed by atoms with E-state index < -0.39 is 42.5 Å². The molecule has 0 aliphatic carbocycles. The molecule has 0 bridgehead atoms. The van der Waals surface area contributed by atoms with E-state index in [2.05, 4.69) is 24.3 Å². The normalized spacial score (nSPS) is 21.9. The molecule has 9 heteroatoms. The summed E-state index contributed by atoms with van der Waals surface area (Å²) in [4.78, 5) is 36.1. The molecule has 34 heavy (non-hydrogen) atoms. The number of thioether (sulfide) groups is 1. The Hall–Kier alpha value is -3.04. The van der Waals surface area contributed by atoms with Crippen molar-refractivity contribution in [3.63, 3.8) is 0 Å². The third kappa shape index (κ3) is 7.23. The van der Waals surface area contributed by atoms with Gasteiger partial charge in [-0.2, -0.15) is 0 Å². The van der Waals surface area contributed by atoms with Crippen LogP contribution in [0.3, 0.4) is 0 Å². The second-order valence-electron chi connectivity index (χ2n) is 7.78. The van der Waals surface area contributed by atoms with Crippen molar-refractivity contribution in [2.45, 2.75) is 56.7 Å². The Morgan fingerprint density at radius 3 is 1.88 bits per heavy atom. The second-order valence-corrected chi connectivity index (χ2v) is 8.66. The lowest BCUT2D eigenvalue weighted by molar-refractivity contribution is -0.259. The van der Waals surface area contributed by atoms with Gasteiger partial charge in [-0.15, -0.1) is 11.8 Å². The Morgan fingerprint density at radius 2 is 1.35 bits per heavy atom. The molecule has 1 fully saturated rings. The smallest absolute Gasteiger partial charge is 0.303 e. The van der Waals surface area contributed by atoms with Gasteiger partial charge in [-0.05, 0) is 48.1 Å². The van der Waals surface area contributed by atoms with Crippen LogP contribution >= 0.6 is 11.8 Å². The highest BCUT2D eigenvalue weighted by Gasteiger charge is 2.48. The first kappa shape index (κ1) is 25.6. The summed E-state index contributed by atoms with van der Waals surface area (Å²) in [5, 5.41) is 0. The number of carbonyl (C=O) groups excluding carboxylic acids is 3. The SMILES string of the molecule is CSc1ccc(Cc2ccc(O[C@@H]3OC[C@@H](OC(C)=O)[C@H](OC(C)=O)[C@H]3OC(C)=O)cc2)cc1. The predicted octanol–water partition coefficient (Wildman–Crippen LogP) is 3.53. The molecular formula is C25H28O8S. The summed E-state index contributed by atoms with van der Waals surface area (Å²) in [5.41, 5.74) is 2.29. The molecule has 3 rings (SSSR count). The van der Waals surface area contributed by atoms with E-state index in [4.69, 9.17) is 23.7 Å². The summed E-state index contributed by atoms with van der Waals surface area (Å²) in [6, 6.07) is 15.8. The van der Waals surface area contributed by atoms with Crippen LogP contribution in [0.5, 0.6) is 5.75 Å². The minimum atomic E-state index is -1.13. The summed E-state index contributed by atoms with van der Waals surface area (Å²) < 4.78 is 27.5. The van der Waals surface area contributed by atoms with Crippen LogP contribution in [0.15, 0.2) is 53.4 Å². The Bertz CT molecular complexity index is 989. The van der Waals surface area contributed by atoms with Crippen LogP contribution in [-0.2, 0) is 39.8 Å². The summed E-state index contributed by atoms with van der Waals surface area (Å²) in [6.45, 7) is 3.57. The van der Waals surface area contributed by atoms with Crippen LogP contribution in [0, 0.1) is 0 Å². The fourth-order valence-corrected chi connectivity index (χ4v) is 4.02. The first-order chi connectivity index (χ1) is 16.2. The number of esters is 3. The number of rotatable bonds is 8. The zero-order chi connectivity index (χ0) is 24.7. The van der Waals surface area contributed by atoms with Crippen molar-refractivity contribution in [3.05, 3.63) is 59.7 Å². The maximum absolute atomic E-state index is 11.7. The third-order valence-electron chi connectivity index (χ3n) is 5.05. The molecule has 0 aromatic heterocycles. The highest BCUT2D eigenvalue weighted by molar-refractivity contribution is 7.98. The van der Waals surface area contributed by atoms with Gasteiger partial charge in [0.15, 0.2) is 12.2 Å². The molecule has 0 amide bonds. The summed E-state index contributed by atoms with van der Waals surface area (Å²) >= 11 is 1.70. The zero-order valence-electron chi connectivity index (χ0n) is 19.5. The highest BCUT2D eigenvalue weighted by Crippen LogP contribution is 2.27. The van der Waals surface area contributed by atoms with Gasteiger partial charge in [-0.25, -0.2) is 0 Å². The minimum absolute atomic E-state index is 0.0932. The standard InChI is InChI=1S/C25H28O8S/c1-15(26)30-22-14-29-25(24(32-17(3)28)23(22)31-16(2)27)33-20-9-5-18(6-10-20)13-19-7-11-21(34-4)12-8-19/h5-12,22-25H,13-14H2,1-4H3/t22-,23+,24-,25+/m1/s1. The van der Waals surface area contributed by atoms with Gasteiger partial charge in [0.1, 0.15) is 5.75 Å². The molecule has 182 valence electrons. The maximum atomic E-state index is 11.7. The van der Waals surface area contributed by atoms with E-state index in [1.54, 1.807) is 23.9 Å². The first-order valence-corrected chi connectivity index (χ1v) is 12.0. The number of hydrogen-bond donors (Lipinski definition) is 0. The highest BCUT2D eigenvalue weighted by atomic mass is 32.2. The van der Waals surface area contributed by atoms with Gasteiger partial charge >= 0.3 is 17.9 Å². The minimum Gasteiger partial charge on any atom is -0.461 e. The van der Waals surface area contributed by atoms with Gasteiger partial charge in [0.2, 0.25) is 12.4 Å². The van der Waals surface area contributed by atoms with Crippen LogP contribution in [0.2, 0.25) is 0 Å². The zero-order valence-corrected chi connectivity index (χ0v) is 20.3. The lowest BCUT2D eigenvalue weighted by Crippen LogP contribution is -2.59. The molecule has 0 spiro atoms. The van der Waals surface area contributed by atoms with E-state index in [9.17, 15) is 14.4 Å². The third-order valence-corrected chi connectivity index (χ3v) is 5.79. The largest absolute Gasteiger partial charge is 0.461 e. The lowest BCUT2D eigenvalue weighted by Gasteiger charge is -2.40. The molecule has 1 aliphatic heterocycles. The maximum Gasteiger partial charge on any atom is 0.303 e. The predicted molar refractivity (Wildman–Crippen MR) is 125 cm³/mol. The van der Waals surface area contributed by atoms with Gasteiger partial charge in [0, 0.05) is 25.7 Å². The number of ether oxygens (including phenoxy) is 5. The van der Waals surface area contributed by atoms with Gasteiger partial charge in [0.25, 0.3) is 0 Å². The fourth-order valence-electron chi connectivity index (χ4n) is 3.61. The Kier molecular flexibility index (Phi) is 8.95. The number of carbonyl (C=O) groups is 3. The average Bonchev–Trinajstić information content (AvgIpc) is 2.78. The monoisotopic (exact) mass is 488 g/mol. The number of hydrogen-bond acceptors (Lipinski definition) is 9. The van der Waals surface area contributed by atoms with Crippen molar-refractivity contribution in [2.24, 2.45) is 0 Å². The van der Waals surface area contributed by atoms with Gasteiger partial charge < -0.3 is 23.7 Å². The van der Waals surface area contributed by atoms with E-state index in [0.29, 0.717) is 5.75 Å². The van der Waals surface area contributed by atoms with Crippen molar-refractivity contribution in [1.29, 1.82) is 0 Å². The quantitative estimate of drug-likeness (QED) is 0.314. The van der Waals surface area contributed by atoms with Gasteiger partial charge in [-0.3, -0.25) is 14.4 Å². The first-order valence-electron chi connectivity index (χ1n) is 10.8. The van der Waals surface area contributed by atoms with Crippen molar-refractivity contribution in [1.82, 2.24) is 0 Å². The van der Waals surface area contributed by atoms with E-state index >= 15 is 0 Å². The molecule has 4 atom stereocenters. The molecule has 1 heterocycles. The van der Waals surface area contributed by atoms with Crippen molar-refractivity contribution >= 4 is 29.7 Å². The van der Waals surface area contributed by atoms with Crippen LogP contribution < -0.4 is 4.74 Å². The Balaban J connectivity index is 1.73. The van der Waals surface area contributed by atoms with Crippen molar-refractivity contribution in [3.8, 4) is 5.75 Å². The molecular weight excluding hydrogens is 460 g/mol. The molecule has 1 aliphatic rings. The average molecular weight is 489 g/mol. The molecule has 2 aromatic carbocycles. The fraction of sp³-hybridized carbons (Fsp3) is 0.400. The lowest BCUT2D eigenvalue weighted by atomic mass is 10.0. The van der Waals surface area contributed by atoms with Crippen LogP contribution in [0.25, 0.3) is 0 Å². The van der Waals surface area contributed by atoms with E-state index in [1.165, 1.54) is 31.2 Å². The number of benzene rings is 2.